The second kappa shape index (κ2) is 6.15. The molecule has 19 heavy (non-hydrogen) atoms. The molecule has 0 aliphatic carbocycles. The largest absolute Gasteiger partial charge is 0.347 e. The maximum Gasteiger partial charge on any atom is 0.244 e. The van der Waals surface area contributed by atoms with Crippen LogP contribution in [0.25, 0.3) is 6.08 Å². The highest BCUT2D eigenvalue weighted by molar-refractivity contribution is 6.32. The number of nitrogens with one attached hydrogen (secondary N) is 2. The van der Waals surface area contributed by atoms with E-state index >= 15 is 0 Å². The van der Waals surface area contributed by atoms with Crippen LogP contribution in [0, 0.1) is 5.82 Å². The van der Waals surface area contributed by atoms with Crippen molar-refractivity contribution in [2.24, 2.45) is 0 Å². The van der Waals surface area contributed by atoms with Gasteiger partial charge in [-0.05, 0) is 24.3 Å². The Kier molecular flexibility index (Phi) is 4.30. The monoisotopic (exact) mass is 279 g/mol. The molecule has 0 aliphatic rings. The molecule has 2 N–H and O–H groups in total. The van der Waals surface area contributed by atoms with Crippen LogP contribution in [-0.4, -0.2) is 16.1 Å². The molecule has 0 atom stereocenters. The summed E-state index contributed by atoms with van der Waals surface area (Å²) in [6.45, 7) is 0.328. The summed E-state index contributed by atoms with van der Waals surface area (Å²) in [6.07, 6.45) is 4.18. The van der Waals surface area contributed by atoms with E-state index in [1.165, 1.54) is 24.3 Å². The average Bonchev–Trinajstić information content (AvgIpc) is 2.89. The van der Waals surface area contributed by atoms with Gasteiger partial charge in [0.05, 0.1) is 17.3 Å². The van der Waals surface area contributed by atoms with Gasteiger partial charge in [0.1, 0.15) is 5.82 Å². The number of aromatic amines is 1. The molecule has 0 fully saturated rings. The summed E-state index contributed by atoms with van der Waals surface area (Å²) < 4.78 is 13.4. The van der Waals surface area contributed by atoms with Gasteiger partial charge in [0.2, 0.25) is 5.91 Å². The Morgan fingerprint density at radius 2 is 2.32 bits per heavy atom. The van der Waals surface area contributed by atoms with Crippen LogP contribution in [0.3, 0.4) is 0 Å². The van der Waals surface area contributed by atoms with Gasteiger partial charge < -0.3 is 5.32 Å². The number of aromatic nitrogens is 2. The van der Waals surface area contributed by atoms with Gasteiger partial charge in [-0.25, -0.2) is 4.39 Å². The van der Waals surface area contributed by atoms with E-state index in [1.54, 1.807) is 18.3 Å². The van der Waals surface area contributed by atoms with Crippen LogP contribution < -0.4 is 5.32 Å². The number of amides is 1. The second-order valence-electron chi connectivity index (χ2n) is 3.77. The van der Waals surface area contributed by atoms with Crippen LogP contribution in [-0.2, 0) is 11.3 Å². The number of carbonyl (C=O) groups excluding carboxylic acids is 1. The van der Waals surface area contributed by atoms with E-state index in [2.05, 4.69) is 15.5 Å². The van der Waals surface area contributed by atoms with E-state index in [0.717, 1.165) is 5.69 Å². The molecule has 0 bridgehead atoms. The van der Waals surface area contributed by atoms with Gasteiger partial charge in [-0.15, -0.1) is 0 Å². The third-order valence-corrected chi connectivity index (χ3v) is 2.74. The first kappa shape index (κ1) is 13.3. The molecule has 1 heterocycles. The molecule has 2 rings (SSSR count). The van der Waals surface area contributed by atoms with E-state index < -0.39 is 5.82 Å². The Hall–Kier alpha value is -2.14. The van der Waals surface area contributed by atoms with Gasteiger partial charge in [-0.3, -0.25) is 9.89 Å². The summed E-state index contributed by atoms with van der Waals surface area (Å²) in [5.74, 6) is -0.806. The van der Waals surface area contributed by atoms with Gasteiger partial charge in [0.25, 0.3) is 0 Å². The molecule has 0 saturated carbocycles. The second-order valence-corrected chi connectivity index (χ2v) is 4.18. The Bertz CT molecular complexity index is 576. The van der Waals surface area contributed by atoms with Crippen molar-refractivity contribution in [2.45, 2.75) is 6.54 Å². The summed E-state index contributed by atoms with van der Waals surface area (Å²) in [7, 11) is 0. The van der Waals surface area contributed by atoms with E-state index in [4.69, 9.17) is 11.6 Å². The maximum absolute atomic E-state index is 13.4. The van der Waals surface area contributed by atoms with Crippen LogP contribution >= 0.6 is 11.6 Å². The standard InChI is InChI=1S/C13H11ClFN3O/c14-11-2-1-3-12(15)10(11)4-5-13(19)16-8-9-6-7-17-18-9/h1-7H,8H2,(H,16,19)(H,17,18). The third-order valence-electron chi connectivity index (χ3n) is 2.41. The molecule has 2 aromatic rings. The number of hydrogen-bond donors (Lipinski definition) is 2. The molecule has 0 spiro atoms. The van der Waals surface area contributed by atoms with Crippen LogP contribution in [0.15, 0.2) is 36.5 Å². The number of rotatable bonds is 4. The zero-order valence-corrected chi connectivity index (χ0v) is 10.6. The summed E-state index contributed by atoms with van der Waals surface area (Å²) in [4.78, 5) is 11.5. The van der Waals surface area contributed by atoms with Crippen molar-refractivity contribution in [1.82, 2.24) is 15.5 Å². The fourth-order valence-corrected chi connectivity index (χ4v) is 1.68. The van der Waals surface area contributed by atoms with Crippen molar-refractivity contribution in [2.75, 3.05) is 0 Å². The molecule has 0 unspecified atom stereocenters. The maximum atomic E-state index is 13.4. The van der Waals surface area contributed by atoms with Crippen molar-refractivity contribution >= 4 is 23.6 Å². The molecule has 0 radical (unpaired) electrons. The van der Waals surface area contributed by atoms with Crippen molar-refractivity contribution in [3.63, 3.8) is 0 Å². The van der Waals surface area contributed by atoms with Gasteiger partial charge >= 0.3 is 0 Å². The predicted octanol–water partition coefficient (Wildman–Crippen LogP) is 2.53. The zero-order valence-electron chi connectivity index (χ0n) is 9.86. The summed E-state index contributed by atoms with van der Waals surface area (Å²) in [5.41, 5.74) is 0.978. The molecule has 4 nitrogen and oxygen atoms in total. The van der Waals surface area contributed by atoms with Crippen molar-refractivity contribution in [1.29, 1.82) is 0 Å². The minimum atomic E-state index is -0.467. The van der Waals surface area contributed by atoms with E-state index in [-0.39, 0.29) is 16.5 Å². The number of benzene rings is 1. The van der Waals surface area contributed by atoms with E-state index in [0.29, 0.717) is 6.54 Å². The van der Waals surface area contributed by atoms with Gasteiger partial charge in [-0.1, -0.05) is 17.7 Å². The summed E-state index contributed by atoms with van der Waals surface area (Å²) in [6, 6.07) is 6.10. The Labute approximate surface area is 114 Å². The van der Waals surface area contributed by atoms with E-state index in [9.17, 15) is 9.18 Å². The van der Waals surface area contributed by atoms with Gasteiger partial charge in [-0.2, -0.15) is 5.10 Å². The lowest BCUT2D eigenvalue weighted by Crippen LogP contribution is -2.20. The van der Waals surface area contributed by atoms with Crippen molar-refractivity contribution in [3.8, 4) is 0 Å². The quantitative estimate of drug-likeness (QED) is 0.845. The highest BCUT2D eigenvalue weighted by Crippen LogP contribution is 2.20. The van der Waals surface area contributed by atoms with Crippen LogP contribution in [0.5, 0.6) is 0 Å². The minimum absolute atomic E-state index is 0.195. The molecule has 0 saturated heterocycles. The Morgan fingerprint density at radius 3 is 3.00 bits per heavy atom. The number of nitrogens with zero attached hydrogens (tertiary/aromatic N) is 1. The normalized spacial score (nSPS) is 10.8. The number of carbonyl (C=O) groups is 1. The Morgan fingerprint density at radius 1 is 1.47 bits per heavy atom. The van der Waals surface area contributed by atoms with Crippen LogP contribution in [0.1, 0.15) is 11.3 Å². The first-order valence-corrected chi connectivity index (χ1v) is 5.93. The average molecular weight is 280 g/mol. The highest BCUT2D eigenvalue weighted by atomic mass is 35.5. The van der Waals surface area contributed by atoms with Crippen molar-refractivity contribution in [3.05, 3.63) is 58.6 Å². The topological polar surface area (TPSA) is 57.8 Å². The lowest BCUT2D eigenvalue weighted by Gasteiger charge is -2.01. The lowest BCUT2D eigenvalue weighted by molar-refractivity contribution is -0.116. The lowest BCUT2D eigenvalue weighted by atomic mass is 10.2. The molecular weight excluding hydrogens is 269 g/mol. The number of H-pyrrole nitrogens is 1. The number of halogens is 2. The molecule has 6 heteroatoms. The van der Waals surface area contributed by atoms with Gasteiger partial charge in [0, 0.05) is 17.8 Å². The van der Waals surface area contributed by atoms with Crippen molar-refractivity contribution < 1.29 is 9.18 Å². The number of hydrogen-bond acceptors (Lipinski definition) is 2. The first-order valence-electron chi connectivity index (χ1n) is 5.55. The molecule has 98 valence electrons. The fraction of sp³-hybridized carbons (Fsp3) is 0.0769. The minimum Gasteiger partial charge on any atom is -0.347 e. The summed E-state index contributed by atoms with van der Waals surface area (Å²) >= 11 is 5.84. The van der Waals surface area contributed by atoms with Crippen LogP contribution in [0.2, 0.25) is 5.02 Å². The molecule has 1 amide bonds. The summed E-state index contributed by atoms with van der Waals surface area (Å²) in [5, 5.41) is 9.36. The SMILES string of the molecule is O=C(C=Cc1c(F)cccc1Cl)NCc1ccn[nH]1. The Balaban J connectivity index is 1.96. The first-order chi connectivity index (χ1) is 9.16. The third kappa shape index (κ3) is 3.66. The molecule has 1 aromatic carbocycles. The van der Waals surface area contributed by atoms with Crippen LogP contribution in [0.4, 0.5) is 4.39 Å². The molecule has 1 aromatic heterocycles. The molecule has 0 aliphatic heterocycles. The molecular formula is C13H11ClFN3O. The zero-order chi connectivity index (χ0) is 13.7. The predicted molar refractivity (Wildman–Crippen MR) is 70.9 cm³/mol. The smallest absolute Gasteiger partial charge is 0.244 e. The highest BCUT2D eigenvalue weighted by Gasteiger charge is 2.04. The van der Waals surface area contributed by atoms with Gasteiger partial charge in [0.15, 0.2) is 0 Å². The fourth-order valence-electron chi connectivity index (χ4n) is 1.45. The van der Waals surface area contributed by atoms with E-state index in [1.807, 2.05) is 0 Å².